The van der Waals surface area contributed by atoms with Crippen LogP contribution in [0, 0.1) is 0 Å². The van der Waals surface area contributed by atoms with Crippen LogP contribution in [0.15, 0.2) is 53.7 Å². The fourth-order valence-electron chi connectivity index (χ4n) is 3.14. The minimum absolute atomic E-state index is 0.144. The Morgan fingerprint density at radius 1 is 1.22 bits per heavy atom. The summed E-state index contributed by atoms with van der Waals surface area (Å²) in [5, 5.41) is 0.668. The van der Waals surface area contributed by atoms with Gasteiger partial charge >= 0.3 is 0 Å². The molecule has 0 spiro atoms. The van der Waals surface area contributed by atoms with Crippen molar-refractivity contribution in [2.75, 3.05) is 24.6 Å². The molecule has 4 rings (SSSR count). The molecule has 0 radical (unpaired) electrons. The number of benzene rings is 1. The van der Waals surface area contributed by atoms with Crippen LogP contribution in [0.2, 0.25) is 5.02 Å². The summed E-state index contributed by atoms with van der Waals surface area (Å²) in [7, 11) is 1.72. The normalized spacial score (nSPS) is 17.1. The van der Waals surface area contributed by atoms with Gasteiger partial charge in [0, 0.05) is 36.4 Å². The summed E-state index contributed by atoms with van der Waals surface area (Å²) in [4.78, 5) is 27.3. The molecule has 27 heavy (non-hydrogen) atoms. The second-order valence-corrected chi connectivity index (χ2v) is 6.67. The third-order valence-corrected chi connectivity index (χ3v) is 4.90. The molecule has 0 saturated carbocycles. The lowest BCUT2D eigenvalue weighted by Gasteiger charge is -2.34. The number of aromatic nitrogens is 4. The largest absolute Gasteiger partial charge is 0.370 e. The Bertz CT molecular complexity index is 1010. The highest BCUT2D eigenvalue weighted by Crippen LogP contribution is 2.30. The number of hydrogen-bond acceptors (Lipinski definition) is 6. The monoisotopic (exact) mass is 383 g/mol. The van der Waals surface area contributed by atoms with E-state index < -0.39 is 0 Å². The highest BCUT2D eigenvalue weighted by atomic mass is 35.5. The second-order valence-electron chi connectivity index (χ2n) is 6.26. The van der Waals surface area contributed by atoms with Gasteiger partial charge in [-0.05, 0) is 12.1 Å². The zero-order chi connectivity index (χ0) is 18.8. The van der Waals surface area contributed by atoms with Gasteiger partial charge in [-0.3, -0.25) is 9.36 Å². The van der Waals surface area contributed by atoms with E-state index in [0.29, 0.717) is 42.1 Å². The van der Waals surface area contributed by atoms with Gasteiger partial charge in [0.15, 0.2) is 0 Å². The third kappa shape index (κ3) is 3.56. The molecule has 2 aromatic heterocycles. The van der Waals surface area contributed by atoms with E-state index in [4.69, 9.17) is 16.3 Å². The second kappa shape index (κ2) is 7.46. The molecule has 1 unspecified atom stereocenters. The minimum atomic E-state index is -0.188. The van der Waals surface area contributed by atoms with E-state index in [-0.39, 0.29) is 11.7 Å². The summed E-state index contributed by atoms with van der Waals surface area (Å²) in [6.45, 7) is 1.70. The summed E-state index contributed by atoms with van der Waals surface area (Å²) < 4.78 is 7.46. The molecule has 0 aliphatic carbocycles. The van der Waals surface area contributed by atoms with E-state index >= 15 is 0 Å². The lowest BCUT2D eigenvalue weighted by atomic mass is 10.1. The molecule has 1 aliphatic rings. The summed E-state index contributed by atoms with van der Waals surface area (Å²) in [6, 6.07) is 10.9. The summed E-state index contributed by atoms with van der Waals surface area (Å²) in [6.07, 6.45) is 2.88. The summed E-state index contributed by atoms with van der Waals surface area (Å²) in [5.41, 5.74) is 1.92. The van der Waals surface area contributed by atoms with Crippen LogP contribution >= 0.6 is 11.6 Å². The molecule has 0 bridgehead atoms. The molecule has 1 saturated heterocycles. The Morgan fingerprint density at radius 2 is 2.07 bits per heavy atom. The molecule has 1 atom stereocenters. The lowest BCUT2D eigenvalue weighted by Crippen LogP contribution is -2.41. The van der Waals surface area contributed by atoms with Gasteiger partial charge in [0.2, 0.25) is 5.95 Å². The standard InChI is InChI=1S/C19H18ClN5O2/c1-24-18(26)10-16(15-6-7-21-12-22-15)23-19(24)25-8-9-27-17(11-25)13-4-2-3-5-14(13)20/h2-7,10,12,17H,8-9,11H2,1H3. The van der Waals surface area contributed by atoms with Crippen molar-refractivity contribution in [1.82, 2.24) is 19.5 Å². The SMILES string of the molecule is Cn1c(N2CCOC(c3ccccc3Cl)C2)nc(-c2ccncn2)cc1=O. The van der Waals surface area contributed by atoms with Gasteiger partial charge < -0.3 is 9.64 Å². The van der Waals surface area contributed by atoms with Gasteiger partial charge in [-0.25, -0.2) is 15.0 Å². The Hall–Kier alpha value is -2.77. The number of morpholine rings is 1. The van der Waals surface area contributed by atoms with E-state index in [1.807, 2.05) is 29.2 Å². The van der Waals surface area contributed by atoms with Crippen molar-refractivity contribution < 1.29 is 4.74 Å². The predicted molar refractivity (Wildman–Crippen MR) is 103 cm³/mol. The van der Waals surface area contributed by atoms with Crippen molar-refractivity contribution in [2.24, 2.45) is 7.05 Å². The number of halogens is 1. The molecule has 0 amide bonds. The highest BCUT2D eigenvalue weighted by Gasteiger charge is 2.26. The van der Waals surface area contributed by atoms with Crippen LogP contribution in [0.1, 0.15) is 11.7 Å². The van der Waals surface area contributed by atoms with Gasteiger partial charge in [-0.2, -0.15) is 0 Å². The van der Waals surface area contributed by atoms with Crippen molar-refractivity contribution >= 4 is 17.5 Å². The topological polar surface area (TPSA) is 73.1 Å². The van der Waals surface area contributed by atoms with Crippen LogP contribution in [-0.4, -0.2) is 39.2 Å². The molecular weight excluding hydrogens is 366 g/mol. The molecule has 0 N–H and O–H groups in total. The smallest absolute Gasteiger partial charge is 0.255 e. The average Bonchev–Trinajstić information content (AvgIpc) is 2.71. The van der Waals surface area contributed by atoms with E-state index in [1.54, 1.807) is 23.9 Å². The van der Waals surface area contributed by atoms with Gasteiger partial charge in [-0.1, -0.05) is 29.8 Å². The molecule has 3 aromatic rings. The number of anilines is 1. The summed E-state index contributed by atoms with van der Waals surface area (Å²) >= 11 is 6.33. The zero-order valence-corrected chi connectivity index (χ0v) is 15.5. The predicted octanol–water partition coefficient (Wildman–Crippen LogP) is 2.47. The molecule has 3 heterocycles. The van der Waals surface area contributed by atoms with E-state index in [0.717, 1.165) is 5.56 Å². The molecule has 7 nitrogen and oxygen atoms in total. The maximum atomic E-state index is 12.5. The maximum absolute atomic E-state index is 12.5. The average molecular weight is 384 g/mol. The quantitative estimate of drug-likeness (QED) is 0.691. The molecule has 1 aliphatic heterocycles. The molecule has 1 fully saturated rings. The molecular formula is C19H18ClN5O2. The van der Waals surface area contributed by atoms with Crippen molar-refractivity contribution in [3.05, 3.63) is 69.9 Å². The van der Waals surface area contributed by atoms with Crippen molar-refractivity contribution in [3.63, 3.8) is 0 Å². The molecule has 8 heteroatoms. The number of nitrogens with zero attached hydrogens (tertiary/aromatic N) is 5. The molecule has 138 valence electrons. The van der Waals surface area contributed by atoms with Crippen LogP contribution < -0.4 is 10.5 Å². The van der Waals surface area contributed by atoms with Gasteiger partial charge in [0.05, 0.1) is 24.5 Å². The van der Waals surface area contributed by atoms with Crippen LogP contribution in [0.3, 0.4) is 0 Å². The Kier molecular flexibility index (Phi) is 4.87. The molecule has 1 aromatic carbocycles. The first-order valence-corrected chi connectivity index (χ1v) is 8.96. The zero-order valence-electron chi connectivity index (χ0n) is 14.7. The van der Waals surface area contributed by atoms with Crippen molar-refractivity contribution in [1.29, 1.82) is 0 Å². The maximum Gasteiger partial charge on any atom is 0.255 e. The first-order chi connectivity index (χ1) is 13.1. The Labute approximate surface area is 161 Å². The van der Waals surface area contributed by atoms with E-state index in [1.165, 1.54) is 12.4 Å². The van der Waals surface area contributed by atoms with E-state index in [9.17, 15) is 4.79 Å². The number of rotatable bonds is 3. The number of hydrogen-bond donors (Lipinski definition) is 0. The highest BCUT2D eigenvalue weighted by molar-refractivity contribution is 6.31. The third-order valence-electron chi connectivity index (χ3n) is 4.56. The van der Waals surface area contributed by atoms with Gasteiger partial charge in [0.1, 0.15) is 12.4 Å². The first-order valence-electron chi connectivity index (χ1n) is 8.59. The van der Waals surface area contributed by atoms with Crippen LogP contribution in [0.25, 0.3) is 11.4 Å². The number of ether oxygens (including phenoxy) is 1. The Balaban J connectivity index is 1.69. The van der Waals surface area contributed by atoms with Crippen LogP contribution in [-0.2, 0) is 11.8 Å². The fourth-order valence-corrected chi connectivity index (χ4v) is 3.40. The van der Waals surface area contributed by atoms with Crippen LogP contribution in [0.4, 0.5) is 5.95 Å². The van der Waals surface area contributed by atoms with E-state index in [2.05, 4.69) is 15.0 Å². The van der Waals surface area contributed by atoms with Gasteiger partial charge in [-0.15, -0.1) is 0 Å². The summed E-state index contributed by atoms with van der Waals surface area (Å²) in [5.74, 6) is 0.580. The van der Waals surface area contributed by atoms with Gasteiger partial charge in [0.25, 0.3) is 5.56 Å². The van der Waals surface area contributed by atoms with Crippen LogP contribution in [0.5, 0.6) is 0 Å². The lowest BCUT2D eigenvalue weighted by molar-refractivity contribution is 0.0390. The van der Waals surface area contributed by atoms with Crippen molar-refractivity contribution in [3.8, 4) is 11.4 Å². The fraction of sp³-hybridized carbons (Fsp3) is 0.263. The van der Waals surface area contributed by atoms with Crippen molar-refractivity contribution in [2.45, 2.75) is 6.10 Å². The Morgan fingerprint density at radius 3 is 2.85 bits per heavy atom. The minimum Gasteiger partial charge on any atom is -0.370 e. The first kappa shape index (κ1) is 17.6.